The van der Waals surface area contributed by atoms with E-state index in [0.717, 1.165) is 18.5 Å². The van der Waals surface area contributed by atoms with Crippen LogP contribution in [0.2, 0.25) is 0 Å². The Bertz CT molecular complexity index is 672. The summed E-state index contributed by atoms with van der Waals surface area (Å²) in [7, 11) is 0. The number of nitrogen functional groups attached to an aromatic ring is 1. The molecule has 0 saturated heterocycles. The van der Waals surface area contributed by atoms with Crippen LogP contribution in [0.5, 0.6) is 0 Å². The first kappa shape index (κ1) is 12.5. The Morgan fingerprint density at radius 1 is 0.850 bits per heavy atom. The summed E-state index contributed by atoms with van der Waals surface area (Å²) in [5.41, 5.74) is 10.2. The van der Waals surface area contributed by atoms with Crippen LogP contribution < -0.4 is 5.73 Å². The molecular weight excluding hydrogens is 248 g/mol. The maximum atomic E-state index is 5.50. The van der Waals surface area contributed by atoms with Gasteiger partial charge in [0.2, 0.25) is 5.88 Å². The van der Waals surface area contributed by atoms with Crippen molar-refractivity contribution in [2.75, 3.05) is 5.73 Å². The Morgan fingerprint density at radius 2 is 1.55 bits per heavy atom. The Morgan fingerprint density at radius 3 is 2.20 bits per heavy atom. The average Bonchev–Trinajstić information content (AvgIpc) is 2.92. The van der Waals surface area contributed by atoms with E-state index in [0.29, 0.717) is 5.88 Å². The zero-order valence-electron chi connectivity index (χ0n) is 11.1. The van der Waals surface area contributed by atoms with Crippen LogP contribution in [-0.4, -0.2) is 5.16 Å². The van der Waals surface area contributed by atoms with E-state index < -0.39 is 0 Å². The van der Waals surface area contributed by atoms with Gasteiger partial charge >= 0.3 is 0 Å². The van der Waals surface area contributed by atoms with Gasteiger partial charge in [0.25, 0.3) is 0 Å². The second kappa shape index (κ2) is 5.61. The van der Waals surface area contributed by atoms with Gasteiger partial charge in [-0.15, -0.1) is 0 Å². The molecule has 0 aliphatic rings. The van der Waals surface area contributed by atoms with Crippen molar-refractivity contribution in [3.8, 4) is 11.1 Å². The van der Waals surface area contributed by atoms with Crippen LogP contribution in [0.15, 0.2) is 65.2 Å². The van der Waals surface area contributed by atoms with Crippen molar-refractivity contribution in [2.24, 2.45) is 0 Å². The molecule has 3 nitrogen and oxygen atoms in total. The normalized spacial score (nSPS) is 10.6. The predicted octanol–water partition coefficient (Wildman–Crippen LogP) is 3.71. The van der Waals surface area contributed by atoms with Crippen LogP contribution in [-0.2, 0) is 12.8 Å². The van der Waals surface area contributed by atoms with Gasteiger partial charge in [0.1, 0.15) is 0 Å². The monoisotopic (exact) mass is 264 g/mol. The SMILES string of the molecule is Nc1cc(CCc2ccc(-c3ccccc3)cc2)no1. The lowest BCUT2D eigenvalue weighted by molar-refractivity contribution is 0.427. The Balaban J connectivity index is 1.67. The third-order valence-electron chi connectivity index (χ3n) is 3.31. The summed E-state index contributed by atoms with van der Waals surface area (Å²) in [5.74, 6) is 0.374. The summed E-state index contributed by atoms with van der Waals surface area (Å²) in [6.45, 7) is 0. The van der Waals surface area contributed by atoms with Crippen LogP contribution >= 0.6 is 0 Å². The van der Waals surface area contributed by atoms with Crippen molar-refractivity contribution in [3.63, 3.8) is 0 Å². The third kappa shape index (κ3) is 2.88. The topological polar surface area (TPSA) is 52.0 Å². The van der Waals surface area contributed by atoms with E-state index >= 15 is 0 Å². The number of rotatable bonds is 4. The molecule has 0 amide bonds. The lowest BCUT2D eigenvalue weighted by Crippen LogP contribution is -1.91. The molecular formula is C17H16N2O. The van der Waals surface area contributed by atoms with E-state index in [1.807, 2.05) is 6.07 Å². The van der Waals surface area contributed by atoms with Gasteiger partial charge in [0.05, 0.1) is 5.69 Å². The van der Waals surface area contributed by atoms with E-state index in [4.69, 9.17) is 10.3 Å². The molecule has 0 unspecified atom stereocenters. The summed E-state index contributed by atoms with van der Waals surface area (Å²) in [6, 6.07) is 20.8. The molecule has 1 heterocycles. The highest BCUT2D eigenvalue weighted by Gasteiger charge is 2.02. The first-order valence-electron chi connectivity index (χ1n) is 6.67. The van der Waals surface area contributed by atoms with E-state index in [2.05, 4.69) is 53.7 Å². The fraction of sp³-hybridized carbons (Fsp3) is 0.118. The number of benzene rings is 2. The van der Waals surface area contributed by atoms with Crippen molar-refractivity contribution in [2.45, 2.75) is 12.8 Å². The van der Waals surface area contributed by atoms with Crippen molar-refractivity contribution in [1.82, 2.24) is 5.16 Å². The van der Waals surface area contributed by atoms with Crippen LogP contribution in [0.25, 0.3) is 11.1 Å². The zero-order valence-corrected chi connectivity index (χ0v) is 11.1. The molecule has 0 saturated carbocycles. The van der Waals surface area contributed by atoms with Gasteiger partial charge in [0, 0.05) is 6.07 Å². The fourth-order valence-corrected chi connectivity index (χ4v) is 2.21. The van der Waals surface area contributed by atoms with Gasteiger partial charge < -0.3 is 10.3 Å². The highest BCUT2D eigenvalue weighted by Crippen LogP contribution is 2.19. The number of aromatic nitrogens is 1. The molecule has 0 atom stereocenters. The van der Waals surface area contributed by atoms with Crippen LogP contribution in [0.4, 0.5) is 5.88 Å². The maximum absolute atomic E-state index is 5.50. The molecule has 100 valence electrons. The molecule has 0 fully saturated rings. The number of aryl methyl sites for hydroxylation is 2. The number of anilines is 1. The largest absolute Gasteiger partial charge is 0.368 e. The highest BCUT2D eigenvalue weighted by molar-refractivity contribution is 5.63. The van der Waals surface area contributed by atoms with Gasteiger partial charge in [-0.3, -0.25) is 0 Å². The van der Waals surface area contributed by atoms with Gasteiger partial charge in [-0.25, -0.2) is 0 Å². The number of hydrogen-bond donors (Lipinski definition) is 1. The van der Waals surface area contributed by atoms with E-state index in [1.165, 1.54) is 16.7 Å². The molecule has 0 bridgehead atoms. The smallest absolute Gasteiger partial charge is 0.222 e. The van der Waals surface area contributed by atoms with E-state index in [1.54, 1.807) is 6.07 Å². The van der Waals surface area contributed by atoms with Crippen LogP contribution in [0.3, 0.4) is 0 Å². The summed E-state index contributed by atoms with van der Waals surface area (Å²) in [5, 5.41) is 3.90. The van der Waals surface area contributed by atoms with Crippen molar-refractivity contribution in [1.29, 1.82) is 0 Å². The lowest BCUT2D eigenvalue weighted by Gasteiger charge is -2.03. The first-order valence-corrected chi connectivity index (χ1v) is 6.67. The standard InChI is InChI=1S/C17H16N2O/c18-17-12-16(19-20-17)11-8-13-6-9-15(10-7-13)14-4-2-1-3-5-14/h1-7,9-10,12H,8,11,18H2. The van der Waals surface area contributed by atoms with Gasteiger partial charge in [0.15, 0.2) is 0 Å². The van der Waals surface area contributed by atoms with Crippen molar-refractivity contribution < 1.29 is 4.52 Å². The van der Waals surface area contributed by atoms with E-state index in [9.17, 15) is 0 Å². The van der Waals surface area contributed by atoms with Gasteiger partial charge in [-0.2, -0.15) is 0 Å². The van der Waals surface area contributed by atoms with Crippen molar-refractivity contribution >= 4 is 5.88 Å². The summed E-state index contributed by atoms with van der Waals surface area (Å²) < 4.78 is 4.86. The second-order valence-electron chi connectivity index (χ2n) is 4.78. The van der Waals surface area contributed by atoms with Crippen molar-refractivity contribution in [3.05, 3.63) is 71.9 Å². The minimum Gasteiger partial charge on any atom is -0.368 e. The Labute approximate surface area is 118 Å². The predicted molar refractivity (Wildman–Crippen MR) is 80.2 cm³/mol. The second-order valence-corrected chi connectivity index (χ2v) is 4.78. The summed E-state index contributed by atoms with van der Waals surface area (Å²) in [6.07, 6.45) is 1.77. The zero-order chi connectivity index (χ0) is 13.8. The van der Waals surface area contributed by atoms with E-state index in [-0.39, 0.29) is 0 Å². The molecule has 0 aliphatic heterocycles. The number of nitrogens with two attached hydrogens (primary N) is 1. The van der Waals surface area contributed by atoms with Gasteiger partial charge in [-0.05, 0) is 29.5 Å². The molecule has 2 N–H and O–H groups in total. The summed E-state index contributed by atoms with van der Waals surface area (Å²) >= 11 is 0. The maximum Gasteiger partial charge on any atom is 0.222 e. The molecule has 0 radical (unpaired) electrons. The summed E-state index contributed by atoms with van der Waals surface area (Å²) in [4.78, 5) is 0. The number of hydrogen-bond acceptors (Lipinski definition) is 3. The van der Waals surface area contributed by atoms with Gasteiger partial charge in [-0.1, -0.05) is 59.8 Å². The molecule has 20 heavy (non-hydrogen) atoms. The molecule has 0 aliphatic carbocycles. The highest BCUT2D eigenvalue weighted by atomic mass is 16.5. The molecule has 0 spiro atoms. The minimum absolute atomic E-state index is 0.374. The molecule has 3 rings (SSSR count). The first-order chi connectivity index (χ1) is 9.81. The minimum atomic E-state index is 0.374. The molecule has 3 heteroatoms. The molecule has 1 aromatic heterocycles. The number of nitrogens with zero attached hydrogens (tertiary/aromatic N) is 1. The quantitative estimate of drug-likeness (QED) is 0.781. The molecule has 2 aromatic carbocycles. The fourth-order valence-electron chi connectivity index (χ4n) is 2.21. The van der Waals surface area contributed by atoms with Crippen LogP contribution in [0, 0.1) is 0 Å². The average molecular weight is 264 g/mol. The van der Waals surface area contributed by atoms with Crippen LogP contribution in [0.1, 0.15) is 11.3 Å². The molecule has 3 aromatic rings. The Hall–Kier alpha value is -2.55. The lowest BCUT2D eigenvalue weighted by atomic mass is 10.0. The third-order valence-corrected chi connectivity index (χ3v) is 3.31. The Kier molecular flexibility index (Phi) is 3.50.